The molecule has 0 amide bonds. The Balaban J connectivity index is 2.13. The van der Waals surface area contributed by atoms with E-state index < -0.39 is 0 Å². The molecule has 1 aliphatic heterocycles. The molecule has 2 nitrogen and oxygen atoms in total. The summed E-state index contributed by atoms with van der Waals surface area (Å²) in [6, 6.07) is 0. The van der Waals surface area contributed by atoms with Crippen molar-refractivity contribution in [3.05, 3.63) is 12.4 Å². The topological polar surface area (TPSA) is 17.3 Å². The predicted octanol–water partition coefficient (Wildman–Crippen LogP) is 0.937. The molecule has 1 heterocycles. The molecule has 0 unspecified atom stereocenters. The van der Waals surface area contributed by atoms with Crippen molar-refractivity contribution in [2.45, 2.75) is 19.8 Å². The van der Waals surface area contributed by atoms with E-state index in [4.69, 9.17) is 0 Å². The average Bonchev–Trinajstić information content (AvgIpc) is 2.34. The van der Waals surface area contributed by atoms with Crippen LogP contribution in [-0.2, 0) is 0 Å². The molecule has 0 bridgehead atoms. The largest absolute Gasteiger partial charge is 0.286 e. The van der Waals surface area contributed by atoms with Gasteiger partial charge in [0.2, 0.25) is 0 Å². The first kappa shape index (κ1) is 6.33. The lowest BCUT2D eigenvalue weighted by molar-refractivity contribution is 0.547. The molecule has 0 saturated carbocycles. The SMILES string of the molecule is CCCCN1C=C[N+]=C1. The number of hydrogen-bond acceptors (Lipinski definition) is 2. The standard InChI is InChI=1S/C7H12N2/c1-2-3-5-9-6-4-8-7-9/h4,6-7H,2-3,5H2,1H3/q+1. The Morgan fingerprint density at radius 3 is 3.00 bits per heavy atom. The molecule has 1 radical (unpaired) electrons. The van der Waals surface area contributed by atoms with Crippen LogP contribution in [0.15, 0.2) is 12.4 Å². The second kappa shape index (κ2) is 3.28. The van der Waals surface area contributed by atoms with Crippen molar-refractivity contribution in [1.82, 2.24) is 9.89 Å². The molecule has 0 aliphatic carbocycles. The quantitative estimate of drug-likeness (QED) is 0.547. The fourth-order valence-corrected chi connectivity index (χ4v) is 0.760. The van der Waals surface area contributed by atoms with E-state index >= 15 is 0 Å². The first-order valence-corrected chi connectivity index (χ1v) is 3.39. The van der Waals surface area contributed by atoms with Gasteiger partial charge in [-0.2, -0.15) is 0 Å². The summed E-state index contributed by atoms with van der Waals surface area (Å²) in [6.07, 6.45) is 8.16. The molecule has 0 N–H and O–H groups in total. The van der Waals surface area contributed by atoms with Crippen LogP contribution in [0.2, 0.25) is 0 Å². The number of unbranched alkanes of at least 4 members (excludes halogenated alkanes) is 1. The molecule has 49 valence electrons. The van der Waals surface area contributed by atoms with Gasteiger partial charge in [0.05, 0.1) is 6.54 Å². The average molecular weight is 124 g/mol. The van der Waals surface area contributed by atoms with Gasteiger partial charge in [-0.25, -0.2) is 4.90 Å². The molecule has 1 aliphatic rings. The van der Waals surface area contributed by atoms with Crippen LogP contribution in [0, 0.1) is 0 Å². The summed E-state index contributed by atoms with van der Waals surface area (Å²) in [5.41, 5.74) is 0. The lowest BCUT2D eigenvalue weighted by atomic mass is 10.3. The second-order valence-electron chi connectivity index (χ2n) is 2.15. The number of rotatable bonds is 3. The molecule has 9 heavy (non-hydrogen) atoms. The third-order valence-corrected chi connectivity index (χ3v) is 1.33. The van der Waals surface area contributed by atoms with Crippen molar-refractivity contribution in [1.29, 1.82) is 0 Å². The van der Waals surface area contributed by atoms with Gasteiger partial charge in [-0.15, -0.1) is 0 Å². The minimum absolute atomic E-state index is 1.11. The first-order valence-electron chi connectivity index (χ1n) is 3.39. The van der Waals surface area contributed by atoms with Crippen LogP contribution in [0.3, 0.4) is 0 Å². The summed E-state index contributed by atoms with van der Waals surface area (Å²) in [7, 11) is 0. The minimum atomic E-state index is 1.11. The third-order valence-electron chi connectivity index (χ3n) is 1.33. The molecule has 2 heteroatoms. The Bertz CT molecular complexity index is 115. The van der Waals surface area contributed by atoms with E-state index in [1.54, 1.807) is 0 Å². The number of nitrogens with zero attached hydrogens (tertiary/aromatic N) is 2. The summed E-state index contributed by atoms with van der Waals surface area (Å²) < 4.78 is 0. The summed E-state index contributed by atoms with van der Waals surface area (Å²) in [6.45, 7) is 3.30. The molecule has 0 aromatic carbocycles. The van der Waals surface area contributed by atoms with Gasteiger partial charge in [0.15, 0.2) is 6.20 Å². The smallest absolute Gasteiger partial charge is 0.233 e. The zero-order chi connectivity index (χ0) is 6.53. The van der Waals surface area contributed by atoms with Crippen LogP contribution < -0.4 is 4.99 Å². The summed E-state index contributed by atoms with van der Waals surface area (Å²) >= 11 is 0. The number of aliphatic imine (C=N–C) groups is 1. The van der Waals surface area contributed by atoms with Gasteiger partial charge in [-0.1, -0.05) is 18.3 Å². The van der Waals surface area contributed by atoms with Crippen molar-refractivity contribution in [2.24, 2.45) is 0 Å². The summed E-state index contributed by atoms with van der Waals surface area (Å²) in [5, 5.41) is 0. The Labute approximate surface area is 55.9 Å². The monoisotopic (exact) mass is 124 g/mol. The van der Waals surface area contributed by atoms with Crippen LogP contribution >= 0.6 is 0 Å². The molecule has 0 aromatic rings. The highest BCUT2D eigenvalue weighted by atomic mass is 15.2. The van der Waals surface area contributed by atoms with Crippen LogP contribution in [0.25, 0.3) is 0 Å². The zero-order valence-corrected chi connectivity index (χ0v) is 5.75. The van der Waals surface area contributed by atoms with Crippen molar-refractivity contribution >= 4 is 6.34 Å². The number of hydrogen-bond donors (Lipinski definition) is 0. The predicted molar refractivity (Wildman–Crippen MR) is 39.0 cm³/mol. The maximum absolute atomic E-state index is 3.94. The lowest BCUT2D eigenvalue weighted by Crippen LogP contribution is -2.13. The Hall–Kier alpha value is -0.790. The van der Waals surface area contributed by atoms with Crippen LogP contribution in [0.4, 0.5) is 0 Å². The van der Waals surface area contributed by atoms with Gasteiger partial charge in [0.25, 0.3) is 6.34 Å². The van der Waals surface area contributed by atoms with E-state index in [0.29, 0.717) is 0 Å². The van der Waals surface area contributed by atoms with E-state index in [1.807, 2.05) is 18.7 Å². The molecule has 0 saturated heterocycles. The molecular weight excluding hydrogens is 112 g/mol. The highest BCUT2D eigenvalue weighted by Gasteiger charge is 2.06. The fraction of sp³-hybridized carbons (Fsp3) is 0.571. The maximum atomic E-state index is 3.94. The van der Waals surface area contributed by atoms with Gasteiger partial charge < -0.3 is 0 Å². The van der Waals surface area contributed by atoms with Gasteiger partial charge in [-0.05, 0) is 6.42 Å². The van der Waals surface area contributed by atoms with Crippen molar-refractivity contribution in [3.63, 3.8) is 0 Å². The molecule has 0 spiro atoms. The van der Waals surface area contributed by atoms with Crippen molar-refractivity contribution in [3.8, 4) is 0 Å². The molecule has 1 rings (SSSR count). The highest BCUT2D eigenvalue weighted by Crippen LogP contribution is 1.94. The normalized spacial score (nSPS) is 15.4. The van der Waals surface area contributed by atoms with E-state index in [9.17, 15) is 0 Å². The van der Waals surface area contributed by atoms with Gasteiger partial charge in [-0.3, -0.25) is 0 Å². The second-order valence-corrected chi connectivity index (χ2v) is 2.15. The van der Waals surface area contributed by atoms with Crippen molar-refractivity contribution < 1.29 is 0 Å². The Morgan fingerprint density at radius 1 is 1.56 bits per heavy atom. The fourth-order valence-electron chi connectivity index (χ4n) is 0.760. The summed E-state index contributed by atoms with van der Waals surface area (Å²) in [5.74, 6) is 0. The Kier molecular flexibility index (Phi) is 2.31. The zero-order valence-electron chi connectivity index (χ0n) is 5.75. The van der Waals surface area contributed by atoms with E-state index in [-0.39, 0.29) is 0 Å². The highest BCUT2D eigenvalue weighted by molar-refractivity contribution is 5.58. The first-order chi connectivity index (χ1) is 4.43. The minimum Gasteiger partial charge on any atom is -0.233 e. The third kappa shape index (κ3) is 1.88. The van der Waals surface area contributed by atoms with Crippen LogP contribution in [0.5, 0.6) is 0 Å². The lowest BCUT2D eigenvalue weighted by Gasteiger charge is -1.99. The van der Waals surface area contributed by atoms with Gasteiger partial charge in [0, 0.05) is 0 Å². The summed E-state index contributed by atoms with van der Waals surface area (Å²) in [4.78, 5) is 6.04. The Morgan fingerprint density at radius 2 is 2.44 bits per heavy atom. The van der Waals surface area contributed by atoms with Gasteiger partial charge >= 0.3 is 0 Å². The molecule has 0 aromatic heterocycles. The maximum Gasteiger partial charge on any atom is 0.286 e. The molecule has 0 atom stereocenters. The van der Waals surface area contributed by atoms with Gasteiger partial charge in [0.1, 0.15) is 6.20 Å². The van der Waals surface area contributed by atoms with E-state index in [0.717, 1.165) is 6.54 Å². The van der Waals surface area contributed by atoms with E-state index in [1.165, 1.54) is 12.8 Å². The molecular formula is C7H12N2+. The van der Waals surface area contributed by atoms with Crippen LogP contribution in [-0.4, -0.2) is 17.8 Å². The molecule has 0 fully saturated rings. The van der Waals surface area contributed by atoms with Crippen LogP contribution in [0.1, 0.15) is 19.8 Å². The van der Waals surface area contributed by atoms with E-state index in [2.05, 4.69) is 16.8 Å². The van der Waals surface area contributed by atoms with Crippen molar-refractivity contribution in [2.75, 3.05) is 6.54 Å².